The highest BCUT2D eigenvalue weighted by Gasteiger charge is 2.17. The lowest BCUT2D eigenvalue weighted by Crippen LogP contribution is -2.33. The lowest BCUT2D eigenvalue weighted by atomic mass is 9.97. The summed E-state index contributed by atoms with van der Waals surface area (Å²) in [4.78, 5) is 28.7. The molecule has 2 aromatic rings. The Labute approximate surface area is 164 Å². The Hall–Kier alpha value is -2.70. The van der Waals surface area contributed by atoms with Crippen LogP contribution in [0.3, 0.4) is 0 Å². The molecular weight excluding hydrogens is 356 g/mol. The molecule has 2 aliphatic carbocycles. The van der Waals surface area contributed by atoms with E-state index in [0.717, 1.165) is 49.8 Å². The normalized spacial score (nSPS) is 16.6. The molecule has 0 aliphatic heterocycles. The van der Waals surface area contributed by atoms with Crippen molar-refractivity contribution in [2.75, 3.05) is 6.54 Å². The van der Waals surface area contributed by atoms with Gasteiger partial charge in [-0.3, -0.25) is 9.59 Å². The van der Waals surface area contributed by atoms with Gasteiger partial charge in [-0.05, 0) is 63.0 Å². The third kappa shape index (κ3) is 4.40. The maximum absolute atomic E-state index is 12.3. The minimum atomic E-state index is -0.217. The number of hydrogen-bond acceptors (Lipinski definition) is 5. The molecule has 1 amide bonds. The van der Waals surface area contributed by atoms with E-state index in [-0.39, 0.29) is 17.6 Å². The van der Waals surface area contributed by atoms with Crippen molar-refractivity contribution in [3.8, 4) is 5.88 Å². The molecule has 28 heavy (non-hydrogen) atoms. The molecule has 0 spiro atoms. The average Bonchev–Trinajstić information content (AvgIpc) is 3.22. The fraction of sp³-hybridized carbons (Fsp3) is 0.524. The number of carbonyl (C=O) groups is 1. The first-order valence-electron chi connectivity index (χ1n) is 10.2. The van der Waals surface area contributed by atoms with E-state index in [0.29, 0.717) is 24.5 Å². The van der Waals surface area contributed by atoms with Crippen LogP contribution < -0.4 is 15.6 Å². The van der Waals surface area contributed by atoms with Gasteiger partial charge in [-0.2, -0.15) is 5.10 Å². The number of pyridine rings is 1. The first-order valence-corrected chi connectivity index (χ1v) is 10.2. The first kappa shape index (κ1) is 18.7. The molecule has 2 aliphatic rings. The molecule has 7 nitrogen and oxygen atoms in total. The van der Waals surface area contributed by atoms with Gasteiger partial charge in [-0.25, -0.2) is 9.67 Å². The summed E-state index contributed by atoms with van der Waals surface area (Å²) in [7, 11) is 0. The van der Waals surface area contributed by atoms with Crippen molar-refractivity contribution in [1.29, 1.82) is 0 Å². The van der Waals surface area contributed by atoms with E-state index in [1.54, 1.807) is 18.2 Å². The number of aromatic nitrogens is 3. The smallest absolute Gasteiger partial charge is 0.267 e. The van der Waals surface area contributed by atoms with Gasteiger partial charge < -0.3 is 10.1 Å². The number of aryl methyl sites for hydroxylation is 2. The van der Waals surface area contributed by atoms with Crippen molar-refractivity contribution in [1.82, 2.24) is 20.1 Å². The molecule has 0 bridgehead atoms. The Bertz CT molecular complexity index is 886. The summed E-state index contributed by atoms with van der Waals surface area (Å²) < 4.78 is 7.26. The first-order chi connectivity index (χ1) is 13.7. The minimum Gasteiger partial charge on any atom is -0.474 e. The number of amides is 1. The third-order valence-corrected chi connectivity index (χ3v) is 5.47. The number of rotatable bonds is 6. The van der Waals surface area contributed by atoms with Gasteiger partial charge in [0.05, 0.1) is 17.8 Å². The second kappa shape index (κ2) is 8.54. The van der Waals surface area contributed by atoms with Gasteiger partial charge in [0.15, 0.2) is 0 Å². The highest BCUT2D eigenvalue weighted by atomic mass is 16.5. The van der Waals surface area contributed by atoms with Crippen molar-refractivity contribution in [2.45, 2.75) is 64.0 Å². The van der Waals surface area contributed by atoms with Gasteiger partial charge in [0.2, 0.25) is 5.88 Å². The number of nitrogens with zero attached hydrogens (tertiary/aromatic N) is 3. The lowest BCUT2D eigenvalue weighted by molar-refractivity contribution is 0.0951. The Morgan fingerprint density at radius 1 is 1.18 bits per heavy atom. The monoisotopic (exact) mass is 382 g/mol. The van der Waals surface area contributed by atoms with Crippen molar-refractivity contribution in [3.63, 3.8) is 0 Å². The van der Waals surface area contributed by atoms with Crippen molar-refractivity contribution in [3.05, 3.63) is 51.6 Å². The molecule has 0 atom stereocenters. The predicted octanol–water partition coefficient (Wildman–Crippen LogP) is 2.27. The molecule has 1 N–H and O–H groups in total. The van der Waals surface area contributed by atoms with Crippen molar-refractivity contribution < 1.29 is 9.53 Å². The second-order valence-corrected chi connectivity index (χ2v) is 7.55. The standard InChI is InChI=1S/C21H26N4O3/c26-20-13-15-5-1-4-8-18(15)24-25(20)12-11-22-21(27)16-9-10-19(23-14-16)28-17-6-2-3-7-17/h9-10,13-14,17H,1-8,11-12H2,(H,22,27). The maximum Gasteiger partial charge on any atom is 0.267 e. The van der Waals surface area contributed by atoms with Gasteiger partial charge in [-0.15, -0.1) is 0 Å². The fourth-order valence-electron chi connectivity index (χ4n) is 3.90. The second-order valence-electron chi connectivity index (χ2n) is 7.55. The molecule has 0 radical (unpaired) electrons. The minimum absolute atomic E-state index is 0.106. The summed E-state index contributed by atoms with van der Waals surface area (Å²) in [5, 5.41) is 7.29. The van der Waals surface area contributed by atoms with Gasteiger partial charge in [0, 0.05) is 24.9 Å². The quantitative estimate of drug-likeness (QED) is 0.828. The molecule has 2 aromatic heterocycles. The summed E-state index contributed by atoms with van der Waals surface area (Å²) in [6.45, 7) is 0.693. The van der Waals surface area contributed by atoms with Gasteiger partial charge in [-0.1, -0.05) is 0 Å². The van der Waals surface area contributed by atoms with E-state index in [1.807, 2.05) is 0 Å². The van der Waals surface area contributed by atoms with Crippen LogP contribution in [0.25, 0.3) is 0 Å². The van der Waals surface area contributed by atoms with E-state index >= 15 is 0 Å². The SMILES string of the molecule is O=C(NCCn1nc2c(cc1=O)CCCC2)c1ccc(OC2CCCC2)nc1. The summed E-state index contributed by atoms with van der Waals surface area (Å²) in [5.74, 6) is 0.346. The zero-order valence-corrected chi connectivity index (χ0v) is 16.0. The van der Waals surface area contributed by atoms with Crippen LogP contribution in [0.2, 0.25) is 0 Å². The molecule has 0 saturated heterocycles. The van der Waals surface area contributed by atoms with E-state index in [1.165, 1.54) is 23.7 Å². The maximum atomic E-state index is 12.3. The van der Waals surface area contributed by atoms with Crippen LogP contribution in [0.5, 0.6) is 5.88 Å². The average molecular weight is 382 g/mol. The Balaban J connectivity index is 1.30. The van der Waals surface area contributed by atoms with Crippen LogP contribution in [-0.4, -0.2) is 33.3 Å². The van der Waals surface area contributed by atoms with E-state index in [9.17, 15) is 9.59 Å². The molecule has 2 heterocycles. The molecule has 0 unspecified atom stereocenters. The van der Waals surface area contributed by atoms with Crippen LogP contribution in [0.15, 0.2) is 29.2 Å². The fourth-order valence-corrected chi connectivity index (χ4v) is 3.90. The molecule has 1 saturated carbocycles. The topological polar surface area (TPSA) is 86.1 Å². The van der Waals surface area contributed by atoms with E-state index in [4.69, 9.17) is 4.74 Å². The largest absolute Gasteiger partial charge is 0.474 e. The van der Waals surface area contributed by atoms with Crippen LogP contribution in [-0.2, 0) is 19.4 Å². The summed E-state index contributed by atoms with van der Waals surface area (Å²) in [5.41, 5.74) is 2.45. The predicted molar refractivity (Wildman–Crippen MR) is 105 cm³/mol. The zero-order valence-electron chi connectivity index (χ0n) is 16.0. The molecular formula is C21H26N4O3. The number of carbonyl (C=O) groups excluding carboxylic acids is 1. The Morgan fingerprint density at radius 2 is 2.00 bits per heavy atom. The van der Waals surface area contributed by atoms with Gasteiger partial charge >= 0.3 is 0 Å². The highest BCUT2D eigenvalue weighted by Crippen LogP contribution is 2.22. The molecule has 0 aromatic carbocycles. The highest BCUT2D eigenvalue weighted by molar-refractivity contribution is 5.93. The van der Waals surface area contributed by atoms with Crippen LogP contribution in [0, 0.1) is 0 Å². The molecule has 1 fully saturated rings. The molecule has 148 valence electrons. The van der Waals surface area contributed by atoms with Gasteiger partial charge in [0.1, 0.15) is 6.10 Å². The summed E-state index contributed by atoms with van der Waals surface area (Å²) in [6, 6.07) is 5.15. The van der Waals surface area contributed by atoms with Crippen LogP contribution in [0.4, 0.5) is 0 Å². The number of nitrogens with one attached hydrogen (secondary N) is 1. The Kier molecular flexibility index (Phi) is 5.69. The van der Waals surface area contributed by atoms with Crippen molar-refractivity contribution >= 4 is 5.91 Å². The number of hydrogen-bond donors (Lipinski definition) is 1. The van der Waals surface area contributed by atoms with Crippen LogP contribution >= 0.6 is 0 Å². The number of fused-ring (bicyclic) bond motifs is 1. The van der Waals surface area contributed by atoms with Crippen molar-refractivity contribution in [2.24, 2.45) is 0 Å². The van der Waals surface area contributed by atoms with Crippen LogP contribution in [0.1, 0.15) is 60.1 Å². The lowest BCUT2D eigenvalue weighted by Gasteiger charge is -2.16. The molecule has 4 rings (SSSR count). The van der Waals surface area contributed by atoms with Gasteiger partial charge in [0.25, 0.3) is 11.5 Å². The van der Waals surface area contributed by atoms with E-state index in [2.05, 4.69) is 15.4 Å². The summed E-state index contributed by atoms with van der Waals surface area (Å²) >= 11 is 0. The Morgan fingerprint density at radius 3 is 2.79 bits per heavy atom. The third-order valence-electron chi connectivity index (χ3n) is 5.47. The summed E-state index contributed by atoms with van der Waals surface area (Å²) in [6.07, 6.45) is 10.4. The number of ether oxygens (including phenoxy) is 1. The molecule has 7 heteroatoms. The zero-order chi connectivity index (χ0) is 19.3. The van der Waals surface area contributed by atoms with E-state index < -0.39 is 0 Å².